The zero-order valence-electron chi connectivity index (χ0n) is 16.0. The molecule has 9 heteroatoms. The first-order chi connectivity index (χ1) is 14.4. The van der Waals surface area contributed by atoms with Crippen LogP contribution in [0, 0.1) is 12.7 Å². The molecule has 0 bridgehead atoms. The zero-order chi connectivity index (χ0) is 21.5. The van der Waals surface area contributed by atoms with Crippen LogP contribution in [-0.2, 0) is 14.3 Å². The van der Waals surface area contributed by atoms with E-state index in [-0.39, 0.29) is 17.9 Å². The van der Waals surface area contributed by atoms with E-state index in [2.05, 4.69) is 15.8 Å². The van der Waals surface area contributed by atoms with E-state index in [0.29, 0.717) is 16.9 Å². The summed E-state index contributed by atoms with van der Waals surface area (Å²) in [4.78, 5) is 36.1. The number of halogens is 1. The van der Waals surface area contributed by atoms with E-state index >= 15 is 0 Å². The number of ether oxygens (including phenoxy) is 1. The monoisotopic (exact) mass is 411 g/mol. The van der Waals surface area contributed by atoms with Crippen molar-refractivity contribution in [3.63, 3.8) is 0 Å². The van der Waals surface area contributed by atoms with E-state index in [9.17, 15) is 18.8 Å². The van der Waals surface area contributed by atoms with Crippen molar-refractivity contribution in [1.82, 2.24) is 10.5 Å². The van der Waals surface area contributed by atoms with Crippen LogP contribution in [0.1, 0.15) is 16.1 Å². The number of benzene rings is 2. The van der Waals surface area contributed by atoms with Gasteiger partial charge in [-0.15, -0.1) is 0 Å². The first kappa shape index (κ1) is 20.7. The lowest BCUT2D eigenvalue weighted by Gasteiger charge is -2.08. The minimum atomic E-state index is -0.765. The largest absolute Gasteiger partial charge is 0.452 e. The topological polar surface area (TPSA) is 111 Å². The Hall–Kier alpha value is -4.01. The van der Waals surface area contributed by atoms with Gasteiger partial charge < -0.3 is 19.9 Å². The summed E-state index contributed by atoms with van der Waals surface area (Å²) in [5, 5.41) is 8.72. The van der Waals surface area contributed by atoms with E-state index in [1.165, 1.54) is 24.3 Å². The third-order valence-corrected chi connectivity index (χ3v) is 4.02. The highest BCUT2D eigenvalue weighted by Gasteiger charge is 2.23. The van der Waals surface area contributed by atoms with Crippen molar-refractivity contribution in [1.29, 1.82) is 0 Å². The average Bonchev–Trinajstić information content (AvgIpc) is 3.14. The zero-order valence-corrected chi connectivity index (χ0v) is 16.0. The quantitative estimate of drug-likeness (QED) is 0.579. The van der Waals surface area contributed by atoms with Gasteiger partial charge in [0.2, 0.25) is 5.91 Å². The van der Waals surface area contributed by atoms with Crippen molar-refractivity contribution < 1.29 is 28.0 Å². The van der Waals surface area contributed by atoms with Crippen molar-refractivity contribution >= 4 is 23.5 Å². The second kappa shape index (κ2) is 9.46. The number of anilines is 1. The molecule has 154 valence electrons. The molecule has 0 unspecified atom stereocenters. The average molecular weight is 411 g/mol. The van der Waals surface area contributed by atoms with Gasteiger partial charge in [-0.3, -0.25) is 9.59 Å². The lowest BCUT2D eigenvalue weighted by atomic mass is 10.1. The second-order valence-corrected chi connectivity index (χ2v) is 6.24. The number of aromatic nitrogens is 1. The van der Waals surface area contributed by atoms with Gasteiger partial charge in [0.25, 0.3) is 5.91 Å². The summed E-state index contributed by atoms with van der Waals surface area (Å²) in [6, 6.07) is 14.1. The van der Waals surface area contributed by atoms with Crippen LogP contribution < -0.4 is 10.6 Å². The summed E-state index contributed by atoms with van der Waals surface area (Å²) in [6.45, 7) is 0.646. The molecule has 0 aliphatic carbocycles. The van der Waals surface area contributed by atoms with Gasteiger partial charge in [-0.05, 0) is 31.2 Å². The number of carbonyl (C=O) groups excluding carboxylic acids is 3. The minimum Gasteiger partial charge on any atom is -0.452 e. The standard InChI is InChI=1S/C21H18FN3O5/c1-13-19(20(25-30-13)14-5-3-2-4-6-14)21(28)29-12-18(27)23-11-17(26)24-16-9-7-15(22)8-10-16/h2-10H,11-12H2,1H3,(H,23,27)(H,24,26). The SMILES string of the molecule is Cc1onc(-c2ccccc2)c1C(=O)OCC(=O)NCC(=O)Nc1ccc(F)cc1. The lowest BCUT2D eigenvalue weighted by Crippen LogP contribution is -2.35. The summed E-state index contributed by atoms with van der Waals surface area (Å²) in [5.41, 5.74) is 1.50. The maximum atomic E-state index is 12.9. The van der Waals surface area contributed by atoms with Crippen LogP contribution in [0.5, 0.6) is 0 Å². The van der Waals surface area contributed by atoms with Gasteiger partial charge in [-0.2, -0.15) is 0 Å². The molecule has 0 atom stereocenters. The van der Waals surface area contributed by atoms with Gasteiger partial charge in [-0.25, -0.2) is 9.18 Å². The molecule has 30 heavy (non-hydrogen) atoms. The van der Waals surface area contributed by atoms with E-state index in [1.807, 2.05) is 6.07 Å². The van der Waals surface area contributed by atoms with Crippen LogP contribution in [0.3, 0.4) is 0 Å². The fourth-order valence-corrected chi connectivity index (χ4v) is 2.58. The van der Waals surface area contributed by atoms with Crippen molar-refractivity contribution in [2.45, 2.75) is 6.92 Å². The Kier molecular flexibility index (Phi) is 6.53. The Labute approximate surface area is 171 Å². The van der Waals surface area contributed by atoms with Crippen LogP contribution in [0.25, 0.3) is 11.3 Å². The molecule has 0 aliphatic rings. The molecule has 0 spiro atoms. The molecule has 1 aromatic heterocycles. The van der Waals surface area contributed by atoms with Crippen LogP contribution >= 0.6 is 0 Å². The molecule has 2 amide bonds. The molecule has 2 N–H and O–H groups in total. The highest BCUT2D eigenvalue weighted by Crippen LogP contribution is 2.25. The number of nitrogens with zero attached hydrogens (tertiary/aromatic N) is 1. The van der Waals surface area contributed by atoms with Crippen LogP contribution in [-0.4, -0.2) is 36.1 Å². The highest BCUT2D eigenvalue weighted by molar-refractivity contribution is 5.98. The summed E-state index contributed by atoms with van der Waals surface area (Å²) in [6.07, 6.45) is 0. The smallest absolute Gasteiger partial charge is 0.344 e. The number of amides is 2. The maximum absolute atomic E-state index is 12.9. The summed E-state index contributed by atoms with van der Waals surface area (Å²) in [7, 11) is 0. The van der Waals surface area contributed by atoms with Crippen molar-refractivity contribution in [3.05, 3.63) is 71.7 Å². The molecule has 8 nitrogen and oxygen atoms in total. The second-order valence-electron chi connectivity index (χ2n) is 6.24. The Morgan fingerprint density at radius 3 is 2.43 bits per heavy atom. The Morgan fingerprint density at radius 2 is 1.73 bits per heavy atom. The molecule has 2 aromatic carbocycles. The Morgan fingerprint density at radius 1 is 1.03 bits per heavy atom. The predicted molar refractivity (Wildman–Crippen MR) is 105 cm³/mol. The van der Waals surface area contributed by atoms with E-state index < -0.39 is 30.2 Å². The van der Waals surface area contributed by atoms with Crippen LogP contribution in [0.4, 0.5) is 10.1 Å². The summed E-state index contributed by atoms with van der Waals surface area (Å²) in [5.74, 6) is -2.10. The van der Waals surface area contributed by atoms with E-state index in [0.717, 1.165) is 0 Å². The number of hydrogen-bond donors (Lipinski definition) is 2. The minimum absolute atomic E-state index is 0.128. The number of rotatable bonds is 7. The predicted octanol–water partition coefficient (Wildman–Crippen LogP) is 2.70. The first-order valence-electron chi connectivity index (χ1n) is 8.95. The van der Waals surface area contributed by atoms with Crippen molar-refractivity contribution in [2.24, 2.45) is 0 Å². The van der Waals surface area contributed by atoms with Gasteiger partial charge in [-0.1, -0.05) is 35.5 Å². The number of aryl methyl sites for hydroxylation is 1. The molecule has 0 radical (unpaired) electrons. The van der Waals surface area contributed by atoms with Crippen molar-refractivity contribution in [3.8, 4) is 11.3 Å². The van der Waals surface area contributed by atoms with E-state index in [1.54, 1.807) is 31.2 Å². The fraction of sp³-hybridized carbons (Fsp3) is 0.143. The van der Waals surface area contributed by atoms with Crippen LogP contribution in [0.2, 0.25) is 0 Å². The third kappa shape index (κ3) is 5.28. The molecule has 0 aliphatic heterocycles. The molecule has 0 saturated carbocycles. The van der Waals surface area contributed by atoms with Gasteiger partial charge in [0, 0.05) is 11.3 Å². The lowest BCUT2D eigenvalue weighted by molar-refractivity contribution is -0.126. The number of hydrogen-bond acceptors (Lipinski definition) is 6. The van der Waals surface area contributed by atoms with Gasteiger partial charge >= 0.3 is 5.97 Å². The number of esters is 1. The van der Waals surface area contributed by atoms with Crippen molar-refractivity contribution in [2.75, 3.05) is 18.5 Å². The molecule has 3 aromatic rings. The third-order valence-electron chi connectivity index (χ3n) is 4.02. The summed E-state index contributed by atoms with van der Waals surface area (Å²) >= 11 is 0. The fourth-order valence-electron chi connectivity index (χ4n) is 2.58. The Bertz CT molecular complexity index is 1050. The van der Waals surface area contributed by atoms with E-state index in [4.69, 9.17) is 9.26 Å². The first-order valence-corrected chi connectivity index (χ1v) is 8.95. The molecule has 1 heterocycles. The van der Waals surface area contributed by atoms with Gasteiger partial charge in [0.05, 0.1) is 6.54 Å². The van der Waals surface area contributed by atoms with Gasteiger partial charge in [0.15, 0.2) is 6.61 Å². The number of carbonyl (C=O) groups is 3. The summed E-state index contributed by atoms with van der Waals surface area (Å²) < 4.78 is 23.0. The molecular formula is C21H18FN3O5. The van der Waals surface area contributed by atoms with Crippen LogP contribution in [0.15, 0.2) is 59.1 Å². The Balaban J connectivity index is 1.50. The molecule has 3 rings (SSSR count). The molecular weight excluding hydrogens is 393 g/mol. The number of nitrogens with one attached hydrogen (secondary N) is 2. The molecule has 0 fully saturated rings. The normalized spacial score (nSPS) is 10.3. The maximum Gasteiger partial charge on any atom is 0.344 e. The van der Waals surface area contributed by atoms with Gasteiger partial charge in [0.1, 0.15) is 22.8 Å². The molecule has 0 saturated heterocycles. The highest BCUT2D eigenvalue weighted by atomic mass is 19.1.